The van der Waals surface area contributed by atoms with E-state index in [9.17, 15) is 23.2 Å². The molecule has 0 fully saturated rings. The lowest BCUT2D eigenvalue weighted by molar-refractivity contribution is -0.123. The number of amides is 3. The summed E-state index contributed by atoms with van der Waals surface area (Å²) in [4.78, 5) is 44.9. The summed E-state index contributed by atoms with van der Waals surface area (Å²) in [5, 5.41) is 8.27. The molecule has 4 rings (SSSR count). The minimum atomic E-state index is -1.24. The number of rotatable bonds is 5. The zero-order chi connectivity index (χ0) is 27.8. The highest BCUT2D eigenvalue weighted by molar-refractivity contribution is 7.97. The van der Waals surface area contributed by atoms with E-state index in [2.05, 4.69) is 10.3 Å². The molecule has 0 unspecified atom stereocenters. The first-order valence-corrected chi connectivity index (χ1v) is 12.9. The lowest BCUT2D eigenvalue weighted by Gasteiger charge is -2.23. The Morgan fingerprint density at radius 1 is 1.05 bits per heavy atom. The SMILES string of the molecule is CC(C)(C)C(=O)Nc1ccc(Cl)nc1COC(=O)N1CC2=C(C1)CN(C(=O)c1ccc(SN)c(F)c1F)C2. The quantitative estimate of drug-likeness (QED) is 0.314. The molecule has 0 saturated carbocycles. The third kappa shape index (κ3) is 5.77. The summed E-state index contributed by atoms with van der Waals surface area (Å²) in [6, 6.07) is 5.60. The lowest BCUT2D eigenvalue weighted by atomic mass is 9.95. The van der Waals surface area contributed by atoms with Gasteiger partial charge in [0.1, 0.15) is 17.5 Å². The summed E-state index contributed by atoms with van der Waals surface area (Å²) in [5.41, 5.74) is 1.35. The van der Waals surface area contributed by atoms with Crippen molar-refractivity contribution in [2.75, 3.05) is 31.5 Å². The zero-order valence-electron chi connectivity index (χ0n) is 20.9. The molecule has 202 valence electrons. The molecule has 13 heteroatoms. The Bertz CT molecular complexity index is 1330. The minimum Gasteiger partial charge on any atom is -0.443 e. The second-order valence-electron chi connectivity index (χ2n) is 9.97. The fourth-order valence-electron chi connectivity index (χ4n) is 4.04. The van der Waals surface area contributed by atoms with Crippen molar-refractivity contribution in [3.8, 4) is 0 Å². The number of nitrogens with zero attached hydrogens (tertiary/aromatic N) is 3. The molecule has 3 N–H and O–H groups in total. The highest BCUT2D eigenvalue weighted by Gasteiger charge is 2.36. The fourth-order valence-corrected chi connectivity index (χ4v) is 4.55. The van der Waals surface area contributed by atoms with Gasteiger partial charge in [-0.25, -0.2) is 18.6 Å². The normalized spacial score (nSPS) is 15.1. The molecule has 3 heterocycles. The maximum Gasteiger partial charge on any atom is 0.410 e. The standard InChI is InChI=1S/C25H26ClF2N5O4S/c1-25(2,3)23(35)31-16-5-7-19(26)30-17(16)12-37-24(36)33-10-13-8-32(9-14(13)11-33)22(34)15-4-6-18(38-29)21(28)20(15)27/h4-7H,8-12,29H2,1-3H3,(H,31,35). The highest BCUT2D eigenvalue weighted by Crippen LogP contribution is 2.30. The van der Waals surface area contributed by atoms with Crippen molar-refractivity contribution in [3.63, 3.8) is 0 Å². The van der Waals surface area contributed by atoms with Gasteiger partial charge < -0.3 is 19.9 Å². The first-order chi connectivity index (χ1) is 17.9. The number of carbonyl (C=O) groups excluding carboxylic acids is 3. The number of nitrogens with one attached hydrogen (secondary N) is 1. The van der Waals surface area contributed by atoms with E-state index in [1.54, 1.807) is 26.8 Å². The molecular weight excluding hydrogens is 540 g/mol. The molecule has 3 amide bonds. The summed E-state index contributed by atoms with van der Waals surface area (Å²) in [6.45, 7) is 5.92. The summed E-state index contributed by atoms with van der Waals surface area (Å²) in [6.07, 6.45) is -0.602. The van der Waals surface area contributed by atoms with Gasteiger partial charge in [0.05, 0.1) is 16.1 Å². The average molecular weight is 566 g/mol. The molecule has 1 aromatic carbocycles. The van der Waals surface area contributed by atoms with Crippen molar-refractivity contribution in [2.24, 2.45) is 10.6 Å². The molecule has 38 heavy (non-hydrogen) atoms. The molecule has 0 bridgehead atoms. The number of anilines is 1. The van der Waals surface area contributed by atoms with Gasteiger partial charge in [0.25, 0.3) is 5.91 Å². The fraction of sp³-hybridized carbons (Fsp3) is 0.360. The number of nitrogens with two attached hydrogens (primary N) is 1. The minimum absolute atomic E-state index is 0.0908. The van der Waals surface area contributed by atoms with Gasteiger partial charge in [-0.05, 0) is 47.4 Å². The molecule has 0 aliphatic carbocycles. The van der Waals surface area contributed by atoms with E-state index >= 15 is 0 Å². The van der Waals surface area contributed by atoms with Crippen molar-refractivity contribution in [3.05, 3.63) is 63.5 Å². The van der Waals surface area contributed by atoms with E-state index in [1.807, 2.05) is 0 Å². The van der Waals surface area contributed by atoms with Crippen LogP contribution in [0.2, 0.25) is 5.15 Å². The zero-order valence-corrected chi connectivity index (χ0v) is 22.5. The Hall–Kier alpha value is -3.22. The van der Waals surface area contributed by atoms with Crippen LogP contribution in [0, 0.1) is 17.0 Å². The Kier molecular flexibility index (Phi) is 7.96. The lowest BCUT2D eigenvalue weighted by Crippen LogP contribution is -2.37. The Morgan fingerprint density at radius 3 is 2.29 bits per heavy atom. The van der Waals surface area contributed by atoms with Crippen LogP contribution in [0.5, 0.6) is 0 Å². The number of ether oxygens (including phenoxy) is 1. The smallest absolute Gasteiger partial charge is 0.410 e. The predicted octanol–water partition coefficient (Wildman–Crippen LogP) is 4.37. The van der Waals surface area contributed by atoms with Crippen molar-refractivity contribution in [1.82, 2.24) is 14.8 Å². The average Bonchev–Trinajstić information content (AvgIpc) is 3.44. The van der Waals surface area contributed by atoms with Gasteiger partial charge in [-0.2, -0.15) is 0 Å². The van der Waals surface area contributed by atoms with Crippen molar-refractivity contribution >= 4 is 47.1 Å². The Morgan fingerprint density at radius 2 is 1.68 bits per heavy atom. The topological polar surface area (TPSA) is 118 Å². The van der Waals surface area contributed by atoms with Crippen LogP contribution in [0.1, 0.15) is 36.8 Å². The van der Waals surface area contributed by atoms with Gasteiger partial charge in [0.15, 0.2) is 11.6 Å². The number of aromatic nitrogens is 1. The van der Waals surface area contributed by atoms with Crippen molar-refractivity contribution < 1.29 is 27.9 Å². The molecule has 0 atom stereocenters. The van der Waals surface area contributed by atoms with Crippen LogP contribution in [0.25, 0.3) is 0 Å². The van der Waals surface area contributed by atoms with Crippen LogP contribution in [-0.2, 0) is 16.1 Å². The van der Waals surface area contributed by atoms with E-state index in [0.29, 0.717) is 23.3 Å². The van der Waals surface area contributed by atoms with E-state index in [4.69, 9.17) is 21.5 Å². The summed E-state index contributed by atoms with van der Waals surface area (Å²) >= 11 is 6.56. The third-order valence-corrected chi connectivity index (χ3v) is 6.96. The molecule has 2 aromatic rings. The molecule has 0 saturated heterocycles. The van der Waals surface area contributed by atoms with Gasteiger partial charge in [-0.3, -0.25) is 14.7 Å². The number of halogens is 3. The number of carbonyl (C=O) groups is 3. The molecule has 9 nitrogen and oxygen atoms in total. The molecular formula is C25H26ClF2N5O4S. The largest absolute Gasteiger partial charge is 0.443 e. The van der Waals surface area contributed by atoms with E-state index in [-0.39, 0.29) is 54.3 Å². The van der Waals surface area contributed by atoms with E-state index in [0.717, 1.165) is 11.1 Å². The van der Waals surface area contributed by atoms with Gasteiger partial charge in [-0.15, -0.1) is 0 Å². The molecule has 0 radical (unpaired) electrons. The molecule has 2 aliphatic rings. The monoisotopic (exact) mass is 565 g/mol. The maximum atomic E-state index is 14.4. The van der Waals surface area contributed by atoms with Crippen LogP contribution >= 0.6 is 23.5 Å². The van der Waals surface area contributed by atoms with Gasteiger partial charge >= 0.3 is 6.09 Å². The molecule has 1 aromatic heterocycles. The third-order valence-electron chi connectivity index (χ3n) is 6.18. The second-order valence-corrected chi connectivity index (χ2v) is 11.0. The van der Waals surface area contributed by atoms with Gasteiger partial charge in [-0.1, -0.05) is 32.4 Å². The number of hydrogen-bond acceptors (Lipinski definition) is 7. The number of pyridine rings is 1. The van der Waals surface area contributed by atoms with Crippen LogP contribution in [-0.4, -0.2) is 58.9 Å². The van der Waals surface area contributed by atoms with Crippen LogP contribution in [0.4, 0.5) is 19.3 Å². The molecule has 2 aliphatic heterocycles. The van der Waals surface area contributed by atoms with Gasteiger partial charge in [0.2, 0.25) is 5.91 Å². The van der Waals surface area contributed by atoms with Gasteiger partial charge in [0, 0.05) is 31.6 Å². The van der Waals surface area contributed by atoms with E-state index in [1.165, 1.54) is 28.0 Å². The summed E-state index contributed by atoms with van der Waals surface area (Å²) in [7, 11) is 0. The first-order valence-electron chi connectivity index (χ1n) is 11.6. The summed E-state index contributed by atoms with van der Waals surface area (Å²) < 4.78 is 33.9. The van der Waals surface area contributed by atoms with Crippen molar-refractivity contribution in [2.45, 2.75) is 32.3 Å². The Balaban J connectivity index is 1.34. The maximum absolute atomic E-state index is 14.4. The highest BCUT2D eigenvalue weighted by atomic mass is 35.5. The van der Waals surface area contributed by atoms with Crippen LogP contribution in [0.3, 0.4) is 0 Å². The predicted molar refractivity (Wildman–Crippen MR) is 138 cm³/mol. The van der Waals surface area contributed by atoms with E-state index < -0.39 is 29.0 Å². The van der Waals surface area contributed by atoms with Crippen LogP contribution < -0.4 is 10.5 Å². The molecule has 0 spiro atoms. The number of benzene rings is 1. The first kappa shape index (κ1) is 27.8. The Labute approximate surface area is 227 Å². The van der Waals surface area contributed by atoms with Crippen molar-refractivity contribution in [1.29, 1.82) is 0 Å². The second kappa shape index (κ2) is 10.9. The van der Waals surface area contributed by atoms with Crippen LogP contribution in [0.15, 0.2) is 40.3 Å². The summed E-state index contributed by atoms with van der Waals surface area (Å²) in [5.74, 6) is -3.27. The number of hydrogen-bond donors (Lipinski definition) is 2.